The maximum Gasteiger partial charge on any atom is 0.139 e. The molecular formula is C15H15ClO2. The second kappa shape index (κ2) is 5.32. The van der Waals surface area contributed by atoms with Gasteiger partial charge in [0.25, 0.3) is 0 Å². The first-order valence-electron chi connectivity index (χ1n) is 5.78. The van der Waals surface area contributed by atoms with Gasteiger partial charge in [0.2, 0.25) is 0 Å². The molecule has 0 heterocycles. The number of phenols is 1. The molecule has 2 nitrogen and oxygen atoms in total. The Balaban J connectivity index is 2.21. The van der Waals surface area contributed by atoms with Crippen molar-refractivity contribution in [1.82, 2.24) is 0 Å². The number of hydrogen-bond donors (Lipinski definition) is 1. The molecule has 0 aliphatic rings. The smallest absolute Gasteiger partial charge is 0.139 e. The Morgan fingerprint density at radius 1 is 1.17 bits per heavy atom. The first-order valence-corrected chi connectivity index (χ1v) is 6.16. The highest BCUT2D eigenvalue weighted by atomic mass is 35.5. The third-order valence-corrected chi connectivity index (χ3v) is 3.04. The van der Waals surface area contributed by atoms with Crippen molar-refractivity contribution >= 4 is 11.6 Å². The Labute approximate surface area is 112 Å². The lowest BCUT2D eigenvalue weighted by atomic mass is 10.1. The second-order valence-corrected chi connectivity index (χ2v) is 4.70. The molecule has 1 N–H and O–H groups in total. The topological polar surface area (TPSA) is 29.5 Å². The quantitative estimate of drug-likeness (QED) is 0.883. The molecule has 0 aromatic heterocycles. The van der Waals surface area contributed by atoms with Gasteiger partial charge < -0.3 is 9.84 Å². The van der Waals surface area contributed by atoms with Crippen LogP contribution in [0.2, 0.25) is 5.02 Å². The number of ether oxygens (including phenoxy) is 1. The fraction of sp³-hybridized carbons (Fsp3) is 0.200. The van der Waals surface area contributed by atoms with Gasteiger partial charge in [0.05, 0.1) is 5.02 Å². The van der Waals surface area contributed by atoms with E-state index in [0.717, 1.165) is 11.1 Å². The van der Waals surface area contributed by atoms with E-state index in [9.17, 15) is 5.11 Å². The summed E-state index contributed by atoms with van der Waals surface area (Å²) in [6.07, 6.45) is -0.170. The molecular weight excluding hydrogens is 248 g/mol. The van der Waals surface area contributed by atoms with Crippen LogP contribution in [0.3, 0.4) is 0 Å². The number of aromatic hydroxyl groups is 1. The van der Waals surface area contributed by atoms with E-state index >= 15 is 0 Å². The van der Waals surface area contributed by atoms with Crippen molar-refractivity contribution in [3.63, 3.8) is 0 Å². The van der Waals surface area contributed by atoms with Crippen molar-refractivity contribution in [3.05, 3.63) is 58.6 Å². The predicted molar refractivity (Wildman–Crippen MR) is 73.3 cm³/mol. The van der Waals surface area contributed by atoms with Crippen LogP contribution >= 0.6 is 11.6 Å². The molecule has 0 amide bonds. The number of phenolic OH excluding ortho intramolecular Hbond substituents is 1. The van der Waals surface area contributed by atoms with Gasteiger partial charge in [0.1, 0.15) is 17.6 Å². The van der Waals surface area contributed by atoms with Crippen molar-refractivity contribution in [1.29, 1.82) is 0 Å². The van der Waals surface area contributed by atoms with Gasteiger partial charge in [-0.15, -0.1) is 0 Å². The SMILES string of the molecule is Cc1ccc(Cl)c(OC(C)c2cccc(O)c2)c1. The molecule has 3 heteroatoms. The minimum Gasteiger partial charge on any atom is -0.508 e. The number of aryl methyl sites for hydroxylation is 1. The minimum atomic E-state index is -0.170. The molecule has 0 spiro atoms. The highest BCUT2D eigenvalue weighted by Crippen LogP contribution is 2.30. The Morgan fingerprint density at radius 2 is 1.94 bits per heavy atom. The van der Waals surface area contributed by atoms with Crippen molar-refractivity contribution in [3.8, 4) is 11.5 Å². The second-order valence-electron chi connectivity index (χ2n) is 4.29. The maximum atomic E-state index is 9.45. The standard InChI is InChI=1S/C15H15ClO2/c1-10-6-7-14(16)15(8-10)18-11(2)12-4-3-5-13(17)9-12/h3-9,11,17H,1-2H3. The van der Waals surface area contributed by atoms with E-state index in [1.54, 1.807) is 18.2 Å². The summed E-state index contributed by atoms with van der Waals surface area (Å²) in [7, 11) is 0. The molecule has 0 bridgehead atoms. The fourth-order valence-electron chi connectivity index (χ4n) is 1.74. The van der Waals surface area contributed by atoms with E-state index in [4.69, 9.17) is 16.3 Å². The van der Waals surface area contributed by atoms with Crippen molar-refractivity contribution in [2.75, 3.05) is 0 Å². The molecule has 0 aliphatic heterocycles. The summed E-state index contributed by atoms with van der Waals surface area (Å²) in [6, 6.07) is 12.7. The van der Waals surface area contributed by atoms with Gasteiger partial charge in [0.15, 0.2) is 0 Å². The maximum absolute atomic E-state index is 9.45. The summed E-state index contributed by atoms with van der Waals surface area (Å²) in [5.41, 5.74) is 2.00. The van der Waals surface area contributed by atoms with E-state index in [2.05, 4.69) is 0 Å². The summed E-state index contributed by atoms with van der Waals surface area (Å²) in [5, 5.41) is 10.0. The third-order valence-electron chi connectivity index (χ3n) is 2.73. The molecule has 0 fully saturated rings. The van der Waals surface area contributed by atoms with E-state index in [-0.39, 0.29) is 11.9 Å². The zero-order chi connectivity index (χ0) is 13.1. The number of halogens is 1. The fourth-order valence-corrected chi connectivity index (χ4v) is 1.90. The van der Waals surface area contributed by atoms with Gasteiger partial charge in [-0.25, -0.2) is 0 Å². The highest BCUT2D eigenvalue weighted by molar-refractivity contribution is 6.32. The van der Waals surface area contributed by atoms with Crippen molar-refractivity contribution in [2.45, 2.75) is 20.0 Å². The molecule has 18 heavy (non-hydrogen) atoms. The Hall–Kier alpha value is -1.67. The van der Waals surface area contributed by atoms with E-state index in [1.165, 1.54) is 0 Å². The average molecular weight is 263 g/mol. The van der Waals surface area contributed by atoms with Crippen LogP contribution < -0.4 is 4.74 Å². The molecule has 0 saturated heterocycles. The van der Waals surface area contributed by atoms with Crippen molar-refractivity contribution in [2.24, 2.45) is 0 Å². The monoisotopic (exact) mass is 262 g/mol. The Morgan fingerprint density at radius 3 is 2.67 bits per heavy atom. The van der Waals surface area contributed by atoms with E-state index < -0.39 is 0 Å². The Bertz CT molecular complexity index is 552. The van der Waals surface area contributed by atoms with Crippen LogP contribution in [0.1, 0.15) is 24.2 Å². The molecule has 1 unspecified atom stereocenters. The van der Waals surface area contributed by atoms with Crippen LogP contribution in [0, 0.1) is 6.92 Å². The van der Waals surface area contributed by atoms with Gasteiger partial charge in [-0.2, -0.15) is 0 Å². The first-order chi connectivity index (χ1) is 8.56. The van der Waals surface area contributed by atoms with Gasteiger partial charge in [0, 0.05) is 0 Å². The zero-order valence-electron chi connectivity index (χ0n) is 10.4. The predicted octanol–water partition coefficient (Wildman–Crippen LogP) is 4.49. The molecule has 2 aromatic rings. The normalized spacial score (nSPS) is 12.2. The molecule has 1 atom stereocenters. The van der Waals surface area contributed by atoms with Crippen LogP contribution in [0.15, 0.2) is 42.5 Å². The summed E-state index contributed by atoms with van der Waals surface area (Å²) in [5.74, 6) is 0.894. The lowest BCUT2D eigenvalue weighted by molar-refractivity contribution is 0.226. The summed E-state index contributed by atoms with van der Waals surface area (Å²) in [6.45, 7) is 3.91. The molecule has 94 valence electrons. The van der Waals surface area contributed by atoms with Gasteiger partial charge >= 0.3 is 0 Å². The van der Waals surface area contributed by atoms with Crippen LogP contribution in [0.25, 0.3) is 0 Å². The summed E-state index contributed by atoms with van der Waals surface area (Å²) in [4.78, 5) is 0. The Kier molecular flexibility index (Phi) is 3.78. The van der Waals surface area contributed by atoms with Crippen LogP contribution in [0.5, 0.6) is 11.5 Å². The van der Waals surface area contributed by atoms with Gasteiger partial charge in [-0.05, 0) is 49.2 Å². The number of hydrogen-bond acceptors (Lipinski definition) is 2. The van der Waals surface area contributed by atoms with Gasteiger partial charge in [-0.1, -0.05) is 29.8 Å². The van der Waals surface area contributed by atoms with Gasteiger partial charge in [-0.3, -0.25) is 0 Å². The van der Waals surface area contributed by atoms with Crippen LogP contribution in [0.4, 0.5) is 0 Å². The molecule has 2 aromatic carbocycles. The highest BCUT2D eigenvalue weighted by Gasteiger charge is 2.10. The van der Waals surface area contributed by atoms with E-state index in [0.29, 0.717) is 10.8 Å². The summed E-state index contributed by atoms with van der Waals surface area (Å²) < 4.78 is 5.82. The van der Waals surface area contributed by atoms with E-state index in [1.807, 2.05) is 38.1 Å². The zero-order valence-corrected chi connectivity index (χ0v) is 11.1. The third kappa shape index (κ3) is 2.96. The van der Waals surface area contributed by atoms with Crippen molar-refractivity contribution < 1.29 is 9.84 Å². The lowest BCUT2D eigenvalue weighted by Crippen LogP contribution is -2.03. The molecule has 0 radical (unpaired) electrons. The van der Waals surface area contributed by atoms with Crippen LogP contribution in [-0.2, 0) is 0 Å². The molecule has 0 saturated carbocycles. The average Bonchev–Trinajstić information content (AvgIpc) is 2.34. The number of benzene rings is 2. The minimum absolute atomic E-state index is 0.170. The van der Waals surface area contributed by atoms with Crippen LogP contribution in [-0.4, -0.2) is 5.11 Å². The lowest BCUT2D eigenvalue weighted by Gasteiger charge is -2.16. The molecule has 2 rings (SSSR count). The largest absolute Gasteiger partial charge is 0.508 e. The first kappa shape index (κ1) is 12.8. The molecule has 0 aliphatic carbocycles. The number of rotatable bonds is 3. The summed E-state index contributed by atoms with van der Waals surface area (Å²) >= 11 is 6.08.